The predicted molar refractivity (Wildman–Crippen MR) is 95.1 cm³/mol. The van der Waals surface area contributed by atoms with Crippen molar-refractivity contribution in [2.75, 3.05) is 0 Å². The van der Waals surface area contributed by atoms with Crippen LogP contribution < -0.4 is 5.32 Å². The highest BCUT2D eigenvalue weighted by molar-refractivity contribution is 6.35. The maximum atomic E-state index is 12.6. The standard InChI is InChI=1S/C20H24N2O2/c1-15(2)22(14-17-10-6-4-7-11-17)20(24)19(23)21-16(3)18-12-8-5-9-13-18/h4-13,15-16H,14H2,1-3H3,(H,21,23)/t16-/m1/s1. The van der Waals surface area contributed by atoms with E-state index < -0.39 is 11.8 Å². The van der Waals surface area contributed by atoms with Crippen LogP contribution in [0, 0.1) is 0 Å². The SMILES string of the molecule is CC(C)N(Cc1ccccc1)C(=O)C(=O)N[C@H](C)c1ccccc1. The van der Waals surface area contributed by atoms with Gasteiger partial charge in [-0.3, -0.25) is 9.59 Å². The van der Waals surface area contributed by atoms with Crippen LogP contribution >= 0.6 is 0 Å². The van der Waals surface area contributed by atoms with E-state index in [0.717, 1.165) is 11.1 Å². The van der Waals surface area contributed by atoms with Crippen LogP contribution in [-0.2, 0) is 16.1 Å². The normalized spacial score (nSPS) is 11.8. The van der Waals surface area contributed by atoms with Gasteiger partial charge in [0.25, 0.3) is 0 Å². The van der Waals surface area contributed by atoms with E-state index in [9.17, 15) is 9.59 Å². The fourth-order valence-electron chi connectivity index (χ4n) is 2.48. The van der Waals surface area contributed by atoms with E-state index in [2.05, 4.69) is 5.32 Å². The van der Waals surface area contributed by atoms with Crippen LogP contribution in [0.4, 0.5) is 0 Å². The number of carbonyl (C=O) groups excluding carboxylic acids is 2. The molecule has 0 aliphatic carbocycles. The number of benzene rings is 2. The largest absolute Gasteiger partial charge is 0.341 e. The monoisotopic (exact) mass is 324 g/mol. The Morgan fingerprint density at radius 3 is 2.00 bits per heavy atom. The summed E-state index contributed by atoms with van der Waals surface area (Å²) in [5.41, 5.74) is 1.97. The fraction of sp³-hybridized carbons (Fsp3) is 0.300. The number of nitrogens with zero attached hydrogens (tertiary/aromatic N) is 1. The van der Waals surface area contributed by atoms with Crippen LogP contribution in [-0.4, -0.2) is 22.8 Å². The summed E-state index contributed by atoms with van der Waals surface area (Å²) >= 11 is 0. The number of nitrogens with one attached hydrogen (secondary N) is 1. The minimum absolute atomic E-state index is 0.0597. The molecule has 2 amide bonds. The second kappa shape index (κ2) is 8.29. The molecule has 2 aromatic carbocycles. The minimum Gasteiger partial charge on any atom is -0.341 e. The molecular formula is C20H24N2O2. The van der Waals surface area contributed by atoms with Gasteiger partial charge in [0.1, 0.15) is 0 Å². The predicted octanol–water partition coefficient (Wildman–Crippen LogP) is 3.30. The van der Waals surface area contributed by atoms with E-state index in [1.165, 1.54) is 0 Å². The molecule has 2 rings (SSSR count). The third-order valence-electron chi connectivity index (χ3n) is 3.92. The van der Waals surface area contributed by atoms with Crippen molar-refractivity contribution in [2.24, 2.45) is 0 Å². The molecule has 0 unspecified atom stereocenters. The van der Waals surface area contributed by atoms with E-state index in [-0.39, 0.29) is 12.1 Å². The van der Waals surface area contributed by atoms with Gasteiger partial charge < -0.3 is 10.2 Å². The zero-order valence-corrected chi connectivity index (χ0v) is 14.4. The molecule has 2 aromatic rings. The van der Waals surface area contributed by atoms with Gasteiger partial charge in [0.05, 0.1) is 6.04 Å². The molecule has 0 bridgehead atoms. The molecule has 126 valence electrons. The van der Waals surface area contributed by atoms with Gasteiger partial charge in [-0.15, -0.1) is 0 Å². The van der Waals surface area contributed by atoms with Crippen LogP contribution in [0.5, 0.6) is 0 Å². The van der Waals surface area contributed by atoms with E-state index in [1.54, 1.807) is 4.90 Å². The molecule has 4 nitrogen and oxygen atoms in total. The molecule has 0 aliphatic heterocycles. The number of hydrogen-bond acceptors (Lipinski definition) is 2. The zero-order chi connectivity index (χ0) is 17.5. The quantitative estimate of drug-likeness (QED) is 0.858. The van der Waals surface area contributed by atoms with Gasteiger partial charge in [-0.05, 0) is 31.9 Å². The van der Waals surface area contributed by atoms with E-state index in [1.807, 2.05) is 81.4 Å². The van der Waals surface area contributed by atoms with Crippen LogP contribution in [0.15, 0.2) is 60.7 Å². The first kappa shape index (κ1) is 17.7. The van der Waals surface area contributed by atoms with Crippen molar-refractivity contribution >= 4 is 11.8 Å². The molecular weight excluding hydrogens is 300 g/mol. The first-order chi connectivity index (χ1) is 11.5. The Balaban J connectivity index is 2.04. The lowest BCUT2D eigenvalue weighted by Gasteiger charge is -2.27. The van der Waals surface area contributed by atoms with Gasteiger partial charge in [0.2, 0.25) is 0 Å². The Morgan fingerprint density at radius 1 is 0.917 bits per heavy atom. The summed E-state index contributed by atoms with van der Waals surface area (Å²) in [5, 5.41) is 2.79. The Labute approximate surface area is 143 Å². The molecule has 0 aliphatic rings. The number of rotatable bonds is 5. The summed E-state index contributed by atoms with van der Waals surface area (Å²) < 4.78 is 0. The molecule has 0 saturated carbocycles. The lowest BCUT2D eigenvalue weighted by molar-refractivity contribution is -0.147. The molecule has 1 atom stereocenters. The van der Waals surface area contributed by atoms with Crippen molar-refractivity contribution in [1.29, 1.82) is 0 Å². The summed E-state index contributed by atoms with van der Waals surface area (Å²) in [6.45, 7) is 6.12. The van der Waals surface area contributed by atoms with Gasteiger partial charge in [-0.2, -0.15) is 0 Å². The van der Waals surface area contributed by atoms with Gasteiger partial charge in [0.15, 0.2) is 0 Å². The van der Waals surface area contributed by atoms with E-state index in [0.29, 0.717) is 6.54 Å². The summed E-state index contributed by atoms with van der Waals surface area (Å²) in [6, 6.07) is 19.0. The molecule has 0 radical (unpaired) electrons. The molecule has 0 heterocycles. The molecule has 0 saturated heterocycles. The van der Waals surface area contributed by atoms with Crippen molar-refractivity contribution in [1.82, 2.24) is 10.2 Å². The zero-order valence-electron chi connectivity index (χ0n) is 14.4. The first-order valence-electron chi connectivity index (χ1n) is 8.19. The van der Waals surface area contributed by atoms with Crippen LogP contribution in [0.2, 0.25) is 0 Å². The van der Waals surface area contributed by atoms with Crippen molar-refractivity contribution in [3.8, 4) is 0 Å². The van der Waals surface area contributed by atoms with E-state index >= 15 is 0 Å². The Kier molecular flexibility index (Phi) is 6.13. The number of amides is 2. The van der Waals surface area contributed by atoms with Crippen molar-refractivity contribution in [2.45, 2.75) is 39.4 Å². The Morgan fingerprint density at radius 2 is 1.46 bits per heavy atom. The lowest BCUT2D eigenvalue weighted by Crippen LogP contribution is -2.46. The molecule has 0 fully saturated rings. The second-order valence-electron chi connectivity index (χ2n) is 6.12. The van der Waals surface area contributed by atoms with Crippen LogP contribution in [0.25, 0.3) is 0 Å². The Bertz CT molecular complexity index is 669. The Hall–Kier alpha value is -2.62. The third kappa shape index (κ3) is 4.69. The van der Waals surface area contributed by atoms with Gasteiger partial charge in [0, 0.05) is 12.6 Å². The number of hydrogen-bond donors (Lipinski definition) is 1. The van der Waals surface area contributed by atoms with Crippen molar-refractivity contribution < 1.29 is 9.59 Å². The molecule has 1 N–H and O–H groups in total. The highest BCUT2D eigenvalue weighted by Gasteiger charge is 2.25. The lowest BCUT2D eigenvalue weighted by atomic mass is 10.1. The maximum Gasteiger partial charge on any atom is 0.312 e. The van der Waals surface area contributed by atoms with E-state index in [4.69, 9.17) is 0 Å². The second-order valence-corrected chi connectivity index (χ2v) is 6.12. The summed E-state index contributed by atoms with van der Waals surface area (Å²) in [6.07, 6.45) is 0. The van der Waals surface area contributed by atoms with Crippen LogP contribution in [0.3, 0.4) is 0 Å². The molecule has 0 spiro atoms. The molecule has 4 heteroatoms. The van der Waals surface area contributed by atoms with Crippen LogP contribution in [0.1, 0.15) is 37.9 Å². The average molecular weight is 324 g/mol. The average Bonchev–Trinajstić information content (AvgIpc) is 2.60. The topological polar surface area (TPSA) is 49.4 Å². The van der Waals surface area contributed by atoms with Crippen molar-refractivity contribution in [3.05, 3.63) is 71.8 Å². The third-order valence-corrected chi connectivity index (χ3v) is 3.92. The highest BCUT2D eigenvalue weighted by atomic mass is 16.2. The summed E-state index contributed by atoms with van der Waals surface area (Å²) in [5.74, 6) is -1.08. The smallest absolute Gasteiger partial charge is 0.312 e. The molecule has 0 aromatic heterocycles. The summed E-state index contributed by atoms with van der Waals surface area (Å²) in [4.78, 5) is 26.5. The fourth-order valence-corrected chi connectivity index (χ4v) is 2.48. The summed E-state index contributed by atoms with van der Waals surface area (Å²) in [7, 11) is 0. The first-order valence-corrected chi connectivity index (χ1v) is 8.19. The van der Waals surface area contributed by atoms with Gasteiger partial charge >= 0.3 is 11.8 Å². The minimum atomic E-state index is -0.573. The maximum absolute atomic E-state index is 12.6. The van der Waals surface area contributed by atoms with Gasteiger partial charge in [-0.25, -0.2) is 0 Å². The number of carbonyl (C=O) groups is 2. The molecule has 24 heavy (non-hydrogen) atoms. The van der Waals surface area contributed by atoms with Crippen molar-refractivity contribution in [3.63, 3.8) is 0 Å². The van der Waals surface area contributed by atoms with Gasteiger partial charge in [-0.1, -0.05) is 60.7 Å². The highest BCUT2D eigenvalue weighted by Crippen LogP contribution is 2.13.